The Morgan fingerprint density at radius 2 is 1.75 bits per heavy atom. The summed E-state index contributed by atoms with van der Waals surface area (Å²) in [5, 5.41) is 17.7. The Bertz CT molecular complexity index is 1730. The van der Waals surface area contributed by atoms with E-state index in [4.69, 9.17) is 44.9 Å². The molecule has 3 aromatic carbocycles. The van der Waals surface area contributed by atoms with Crippen LogP contribution in [0.5, 0.6) is 0 Å². The molecule has 40 heavy (non-hydrogen) atoms. The maximum Gasteiger partial charge on any atom is 0.288 e. The summed E-state index contributed by atoms with van der Waals surface area (Å²) in [6, 6.07) is 22.2. The number of allylic oxidation sites excluding steroid dienone is 2. The normalized spacial score (nSPS) is 16.1. The van der Waals surface area contributed by atoms with Crippen molar-refractivity contribution in [1.29, 1.82) is 0 Å². The van der Waals surface area contributed by atoms with Gasteiger partial charge in [-0.25, -0.2) is 9.67 Å². The molecule has 200 valence electrons. The summed E-state index contributed by atoms with van der Waals surface area (Å²) in [7, 11) is 0. The predicted octanol–water partition coefficient (Wildman–Crippen LogP) is 8.70. The summed E-state index contributed by atoms with van der Waals surface area (Å²) in [5.74, 6) is 1.04. The van der Waals surface area contributed by atoms with Crippen LogP contribution in [-0.2, 0) is 6.42 Å². The molecule has 7 nitrogen and oxygen atoms in total. The SMILES string of the molecule is CCCc1ccc(-c2nn(-c3ccccc3)c3c2[C@H](c2ccc(Cl)c([N+](=O)[O-])c2)N2C=C(Cl)C=C(Cl)C2=N3)cc1. The van der Waals surface area contributed by atoms with E-state index in [-0.39, 0.29) is 10.7 Å². The van der Waals surface area contributed by atoms with E-state index in [1.54, 1.807) is 23.0 Å². The van der Waals surface area contributed by atoms with Crippen molar-refractivity contribution in [3.8, 4) is 16.9 Å². The van der Waals surface area contributed by atoms with Gasteiger partial charge in [0.1, 0.15) is 10.7 Å². The largest absolute Gasteiger partial charge is 0.318 e. The summed E-state index contributed by atoms with van der Waals surface area (Å²) < 4.78 is 1.79. The van der Waals surface area contributed by atoms with Crippen molar-refractivity contribution in [2.24, 2.45) is 4.99 Å². The minimum atomic E-state index is -0.586. The first-order valence-electron chi connectivity index (χ1n) is 12.7. The van der Waals surface area contributed by atoms with E-state index in [1.807, 2.05) is 35.2 Å². The lowest BCUT2D eigenvalue weighted by molar-refractivity contribution is -0.384. The Morgan fingerprint density at radius 3 is 2.45 bits per heavy atom. The minimum absolute atomic E-state index is 0.0514. The third-order valence-electron chi connectivity index (χ3n) is 6.89. The highest BCUT2D eigenvalue weighted by atomic mass is 35.5. The molecular weight excluding hydrogens is 569 g/mol. The van der Waals surface area contributed by atoms with Crippen LogP contribution in [0.1, 0.15) is 36.1 Å². The van der Waals surface area contributed by atoms with E-state index in [2.05, 4.69) is 31.2 Å². The molecule has 6 rings (SSSR count). The van der Waals surface area contributed by atoms with Crippen LogP contribution in [0.2, 0.25) is 5.02 Å². The second kappa shape index (κ2) is 10.6. The summed E-state index contributed by atoms with van der Waals surface area (Å²) in [5.41, 5.74) is 4.83. The fourth-order valence-electron chi connectivity index (χ4n) is 5.12. The third-order valence-corrected chi connectivity index (χ3v) is 7.70. The van der Waals surface area contributed by atoms with Gasteiger partial charge < -0.3 is 4.90 Å². The van der Waals surface area contributed by atoms with Gasteiger partial charge in [0.15, 0.2) is 11.7 Å². The second-order valence-electron chi connectivity index (χ2n) is 9.50. The topological polar surface area (TPSA) is 76.6 Å². The number of fused-ring (bicyclic) bond motifs is 2. The van der Waals surface area contributed by atoms with E-state index in [0.29, 0.717) is 33.0 Å². The number of nitro groups is 1. The molecule has 0 unspecified atom stereocenters. The van der Waals surface area contributed by atoms with Crippen molar-refractivity contribution in [1.82, 2.24) is 14.7 Å². The van der Waals surface area contributed by atoms with E-state index in [9.17, 15) is 10.1 Å². The number of hydrogen-bond acceptors (Lipinski definition) is 5. The number of aromatic nitrogens is 2. The lowest BCUT2D eigenvalue weighted by Crippen LogP contribution is -2.35. The van der Waals surface area contributed by atoms with Crippen molar-refractivity contribution >= 4 is 52.1 Å². The standard InChI is InChI=1S/C30H22Cl3N5O2/c1-2-6-18-9-11-19(12-10-18)27-26-28(20-13-14-23(32)25(15-20)38(39)40)36-17-21(31)16-24(33)29(36)34-30(26)37(35-27)22-7-4-3-5-8-22/h3-5,7-17,28H,2,6H2,1H3/t28-/m0/s1. The van der Waals surface area contributed by atoms with Gasteiger partial charge in [0.25, 0.3) is 5.69 Å². The smallest absolute Gasteiger partial charge is 0.288 e. The van der Waals surface area contributed by atoms with Gasteiger partial charge in [0.05, 0.1) is 32.3 Å². The number of para-hydroxylation sites is 1. The van der Waals surface area contributed by atoms with Crippen LogP contribution in [-0.4, -0.2) is 25.4 Å². The number of benzene rings is 3. The number of nitrogens with zero attached hydrogens (tertiary/aromatic N) is 5. The lowest BCUT2D eigenvalue weighted by atomic mass is 9.91. The zero-order chi connectivity index (χ0) is 28.0. The number of hydrogen-bond donors (Lipinski definition) is 0. The molecule has 0 bridgehead atoms. The number of nitro benzene ring substituents is 1. The molecule has 4 aromatic rings. The van der Waals surface area contributed by atoms with Gasteiger partial charge in [-0.3, -0.25) is 10.1 Å². The van der Waals surface area contributed by atoms with Gasteiger partial charge in [-0.2, -0.15) is 5.10 Å². The Labute approximate surface area is 245 Å². The van der Waals surface area contributed by atoms with Gasteiger partial charge in [0, 0.05) is 17.8 Å². The molecule has 0 amide bonds. The first-order valence-corrected chi connectivity index (χ1v) is 13.8. The average Bonchev–Trinajstić information content (AvgIpc) is 3.33. The Morgan fingerprint density at radius 1 is 1.00 bits per heavy atom. The van der Waals surface area contributed by atoms with Crippen molar-refractivity contribution in [3.05, 3.63) is 127 Å². The van der Waals surface area contributed by atoms with Gasteiger partial charge in [0.2, 0.25) is 0 Å². The maximum atomic E-state index is 11.9. The number of aryl methyl sites for hydroxylation is 1. The summed E-state index contributed by atoms with van der Waals surface area (Å²) >= 11 is 19.4. The van der Waals surface area contributed by atoms with Crippen molar-refractivity contribution in [2.45, 2.75) is 25.8 Å². The monoisotopic (exact) mass is 589 g/mol. The highest BCUT2D eigenvalue weighted by molar-refractivity contribution is 6.45. The molecule has 0 radical (unpaired) electrons. The molecule has 3 heterocycles. The molecule has 2 aliphatic rings. The molecule has 0 spiro atoms. The van der Waals surface area contributed by atoms with Crippen LogP contribution < -0.4 is 0 Å². The van der Waals surface area contributed by atoms with Gasteiger partial charge in [-0.1, -0.05) is 96.7 Å². The van der Waals surface area contributed by atoms with E-state index in [0.717, 1.165) is 29.7 Å². The number of halogens is 3. The zero-order valence-electron chi connectivity index (χ0n) is 21.3. The van der Waals surface area contributed by atoms with Crippen molar-refractivity contribution in [3.63, 3.8) is 0 Å². The molecule has 10 heteroatoms. The van der Waals surface area contributed by atoms with Gasteiger partial charge in [-0.05, 0) is 41.8 Å². The van der Waals surface area contributed by atoms with Gasteiger partial charge in [-0.15, -0.1) is 0 Å². The van der Waals surface area contributed by atoms with Gasteiger partial charge >= 0.3 is 0 Å². The number of rotatable bonds is 6. The van der Waals surface area contributed by atoms with Crippen molar-refractivity contribution < 1.29 is 4.92 Å². The average molecular weight is 591 g/mol. The van der Waals surface area contributed by atoms with E-state index in [1.165, 1.54) is 17.7 Å². The molecule has 0 saturated heterocycles. The van der Waals surface area contributed by atoms with Crippen LogP contribution in [0.15, 0.2) is 100 Å². The number of aliphatic imine (C=N–C) groups is 1. The van der Waals surface area contributed by atoms with E-state index >= 15 is 0 Å². The minimum Gasteiger partial charge on any atom is -0.318 e. The highest BCUT2D eigenvalue weighted by Crippen LogP contribution is 2.48. The number of amidine groups is 1. The lowest BCUT2D eigenvalue weighted by Gasteiger charge is -2.37. The first-order chi connectivity index (χ1) is 19.4. The first kappa shape index (κ1) is 26.3. The molecular formula is C30H22Cl3N5O2. The molecule has 1 atom stereocenters. The second-order valence-corrected chi connectivity index (χ2v) is 10.8. The van der Waals surface area contributed by atoms with Crippen LogP contribution in [0.3, 0.4) is 0 Å². The molecule has 1 aromatic heterocycles. The molecule has 0 aliphatic carbocycles. The summed E-state index contributed by atoms with van der Waals surface area (Å²) in [6.45, 7) is 2.15. The Balaban J connectivity index is 1.66. The zero-order valence-corrected chi connectivity index (χ0v) is 23.5. The quantitative estimate of drug-likeness (QED) is 0.166. The molecule has 2 aliphatic heterocycles. The summed E-state index contributed by atoms with van der Waals surface area (Å²) in [4.78, 5) is 18.2. The molecule has 0 N–H and O–H groups in total. The highest BCUT2D eigenvalue weighted by Gasteiger charge is 2.39. The summed E-state index contributed by atoms with van der Waals surface area (Å²) in [6.07, 6.45) is 5.38. The molecule has 0 saturated carbocycles. The van der Waals surface area contributed by atoms with Crippen LogP contribution in [0.4, 0.5) is 11.5 Å². The fourth-order valence-corrected chi connectivity index (χ4v) is 5.83. The fraction of sp³-hybridized carbons (Fsp3) is 0.133. The Hall–Kier alpha value is -3.91. The maximum absolute atomic E-state index is 11.9. The van der Waals surface area contributed by atoms with Crippen molar-refractivity contribution in [2.75, 3.05) is 0 Å². The van der Waals surface area contributed by atoms with Crippen LogP contribution >= 0.6 is 34.8 Å². The van der Waals surface area contributed by atoms with Crippen LogP contribution in [0.25, 0.3) is 16.9 Å². The Kier molecular flexibility index (Phi) is 6.96. The van der Waals surface area contributed by atoms with Crippen LogP contribution in [0, 0.1) is 10.1 Å². The predicted molar refractivity (Wildman–Crippen MR) is 160 cm³/mol. The third kappa shape index (κ3) is 4.60. The molecule has 0 fully saturated rings. The van der Waals surface area contributed by atoms with E-state index < -0.39 is 11.0 Å².